The molecule has 2 aromatic carbocycles. The van der Waals surface area contributed by atoms with Crippen molar-refractivity contribution in [3.8, 4) is 28.7 Å². The van der Waals surface area contributed by atoms with Crippen LogP contribution in [0, 0.1) is 0 Å². The van der Waals surface area contributed by atoms with Gasteiger partial charge in [0.1, 0.15) is 11.7 Å². The minimum absolute atomic E-state index is 0.115. The van der Waals surface area contributed by atoms with Crippen LogP contribution in [-0.2, 0) is 22.5 Å². The number of rotatable bonds is 6. The van der Waals surface area contributed by atoms with E-state index < -0.39 is 12.1 Å². The number of methoxy groups -OCH3 is 4. The van der Waals surface area contributed by atoms with Gasteiger partial charge in [-0.15, -0.1) is 0 Å². The smallest absolute Gasteiger partial charge is 0.343 e. The summed E-state index contributed by atoms with van der Waals surface area (Å²) in [5.74, 6) is 2.22. The van der Waals surface area contributed by atoms with Crippen molar-refractivity contribution in [1.29, 1.82) is 0 Å². The number of fused-ring (bicyclic) bond motifs is 3. The summed E-state index contributed by atoms with van der Waals surface area (Å²) in [6, 6.07) is 3.35. The van der Waals surface area contributed by atoms with Crippen LogP contribution in [0.4, 0.5) is 0 Å². The van der Waals surface area contributed by atoms with Gasteiger partial charge in [-0.1, -0.05) is 6.07 Å². The number of nitrogens with zero attached hydrogens (tertiary/aromatic N) is 1. The van der Waals surface area contributed by atoms with Crippen LogP contribution in [-0.4, -0.2) is 59.7 Å². The highest BCUT2D eigenvalue weighted by molar-refractivity contribution is 5.98. The van der Waals surface area contributed by atoms with E-state index in [2.05, 4.69) is 4.90 Å². The molecular weight excluding hydrogens is 430 g/mol. The maximum absolute atomic E-state index is 13.0. The Morgan fingerprint density at radius 1 is 1.03 bits per heavy atom. The summed E-state index contributed by atoms with van der Waals surface area (Å²) in [7, 11) is 8.33. The zero-order valence-corrected chi connectivity index (χ0v) is 19.4. The van der Waals surface area contributed by atoms with E-state index in [1.807, 2.05) is 13.1 Å². The predicted molar refractivity (Wildman–Crippen MR) is 117 cm³/mol. The molecule has 0 aliphatic carbocycles. The first-order valence-corrected chi connectivity index (χ1v) is 10.7. The molecule has 3 heterocycles. The highest BCUT2D eigenvalue weighted by Gasteiger charge is 2.47. The molecule has 176 valence electrons. The minimum Gasteiger partial charge on any atom is -0.493 e. The third kappa shape index (κ3) is 3.10. The summed E-state index contributed by atoms with van der Waals surface area (Å²) < 4.78 is 39.9. The van der Waals surface area contributed by atoms with Gasteiger partial charge in [0, 0.05) is 30.3 Å². The molecule has 2 atom stereocenters. The largest absolute Gasteiger partial charge is 0.493 e. The van der Waals surface area contributed by atoms with Crippen LogP contribution in [0.25, 0.3) is 0 Å². The topological polar surface area (TPSA) is 84.9 Å². The fourth-order valence-electron chi connectivity index (χ4n) is 5.22. The number of carbonyl (C=O) groups excluding carboxylic acids is 1. The highest BCUT2D eigenvalue weighted by atomic mass is 16.7. The number of esters is 1. The fraction of sp³-hybridized carbons (Fsp3) is 0.458. The molecule has 3 aliphatic heterocycles. The standard InChI is InChI=1S/C24H27NO8/c1-25-9-8-12-14(10-27-2)20-23(32-11-31-20)22(30-5)16(12)18(25)19-13-6-7-15(28-3)21(29-4)17(13)24(26)33-19/h6-7,18-19H,8-11H2,1-5H3/t18-,19?/m1/s1. The van der Waals surface area contributed by atoms with Crippen molar-refractivity contribution in [2.75, 3.05) is 48.8 Å². The molecule has 33 heavy (non-hydrogen) atoms. The Bertz CT molecular complexity index is 1110. The second-order valence-corrected chi connectivity index (χ2v) is 8.17. The summed E-state index contributed by atoms with van der Waals surface area (Å²) in [5.41, 5.74) is 4.07. The van der Waals surface area contributed by atoms with Crippen LogP contribution in [0.2, 0.25) is 0 Å². The van der Waals surface area contributed by atoms with E-state index >= 15 is 0 Å². The average Bonchev–Trinajstić information content (AvgIpc) is 3.43. The van der Waals surface area contributed by atoms with Gasteiger partial charge in [-0.2, -0.15) is 0 Å². The number of ether oxygens (including phenoxy) is 7. The van der Waals surface area contributed by atoms with E-state index in [0.29, 0.717) is 40.9 Å². The van der Waals surface area contributed by atoms with Crippen molar-refractivity contribution in [1.82, 2.24) is 4.90 Å². The van der Waals surface area contributed by atoms with Gasteiger partial charge in [0.2, 0.25) is 12.5 Å². The van der Waals surface area contributed by atoms with Crippen LogP contribution in [0.15, 0.2) is 12.1 Å². The zero-order valence-electron chi connectivity index (χ0n) is 19.4. The van der Waals surface area contributed by atoms with Crippen molar-refractivity contribution < 1.29 is 38.0 Å². The van der Waals surface area contributed by atoms with Crippen LogP contribution in [0.3, 0.4) is 0 Å². The summed E-state index contributed by atoms with van der Waals surface area (Å²) in [5, 5.41) is 0. The van der Waals surface area contributed by atoms with Gasteiger partial charge < -0.3 is 33.2 Å². The second kappa shape index (κ2) is 8.31. The number of benzene rings is 2. The molecular formula is C24H27NO8. The number of likely N-dealkylation sites (N-methyl/N-ethyl adjacent to an activating group) is 1. The van der Waals surface area contributed by atoms with Gasteiger partial charge in [-0.05, 0) is 25.1 Å². The molecule has 0 amide bonds. The van der Waals surface area contributed by atoms with Gasteiger partial charge in [0.25, 0.3) is 0 Å². The number of hydrogen-bond acceptors (Lipinski definition) is 9. The van der Waals surface area contributed by atoms with Gasteiger partial charge in [-0.25, -0.2) is 4.79 Å². The van der Waals surface area contributed by atoms with Gasteiger partial charge in [0.15, 0.2) is 23.0 Å². The summed E-state index contributed by atoms with van der Waals surface area (Å²) in [4.78, 5) is 15.2. The lowest BCUT2D eigenvalue weighted by Crippen LogP contribution is -2.37. The second-order valence-electron chi connectivity index (χ2n) is 8.17. The Hall–Kier alpha value is -3.17. The van der Waals surface area contributed by atoms with Crippen molar-refractivity contribution in [2.24, 2.45) is 0 Å². The molecule has 0 radical (unpaired) electrons. The molecule has 0 saturated carbocycles. The molecule has 0 aromatic heterocycles. The van der Waals surface area contributed by atoms with E-state index in [4.69, 9.17) is 33.2 Å². The molecule has 1 unspecified atom stereocenters. The summed E-state index contributed by atoms with van der Waals surface area (Å²) in [6.45, 7) is 1.25. The van der Waals surface area contributed by atoms with Crippen LogP contribution in [0.5, 0.6) is 28.7 Å². The molecule has 3 aliphatic rings. The molecule has 9 nitrogen and oxygen atoms in total. The normalized spacial score (nSPS) is 20.8. The predicted octanol–water partition coefficient (Wildman–Crippen LogP) is 3.03. The average molecular weight is 457 g/mol. The number of hydrogen-bond donors (Lipinski definition) is 0. The zero-order chi connectivity index (χ0) is 23.3. The van der Waals surface area contributed by atoms with Crippen LogP contribution >= 0.6 is 0 Å². The van der Waals surface area contributed by atoms with E-state index in [1.54, 1.807) is 20.3 Å². The lowest BCUT2D eigenvalue weighted by atomic mass is 9.83. The Morgan fingerprint density at radius 2 is 1.79 bits per heavy atom. The number of carbonyl (C=O) groups is 1. The van der Waals surface area contributed by atoms with Gasteiger partial charge in [0.05, 0.1) is 34.0 Å². The fourth-order valence-corrected chi connectivity index (χ4v) is 5.22. The van der Waals surface area contributed by atoms with E-state index in [1.165, 1.54) is 14.2 Å². The van der Waals surface area contributed by atoms with Gasteiger partial charge >= 0.3 is 5.97 Å². The number of cyclic esters (lactones) is 1. The molecule has 0 bridgehead atoms. The quantitative estimate of drug-likeness (QED) is 0.608. The molecule has 9 heteroatoms. The third-order valence-electron chi connectivity index (χ3n) is 6.61. The Morgan fingerprint density at radius 3 is 2.48 bits per heavy atom. The lowest BCUT2D eigenvalue weighted by Gasteiger charge is -2.39. The first kappa shape index (κ1) is 21.7. The maximum atomic E-state index is 13.0. The van der Waals surface area contributed by atoms with E-state index in [-0.39, 0.29) is 12.8 Å². The van der Waals surface area contributed by atoms with Gasteiger partial charge in [-0.3, -0.25) is 4.90 Å². The highest BCUT2D eigenvalue weighted by Crippen LogP contribution is 2.56. The Kier molecular flexibility index (Phi) is 5.46. The molecule has 2 aromatic rings. The Labute approximate surface area is 192 Å². The molecule has 0 spiro atoms. The summed E-state index contributed by atoms with van der Waals surface area (Å²) >= 11 is 0. The first-order chi connectivity index (χ1) is 16.0. The molecule has 0 N–H and O–H groups in total. The summed E-state index contributed by atoms with van der Waals surface area (Å²) in [6.07, 6.45) is 0.203. The van der Waals surface area contributed by atoms with Crippen molar-refractivity contribution in [3.05, 3.63) is 39.9 Å². The Balaban J connectivity index is 1.72. The monoisotopic (exact) mass is 457 g/mol. The van der Waals surface area contributed by atoms with Crippen LogP contribution < -0.4 is 23.7 Å². The third-order valence-corrected chi connectivity index (χ3v) is 6.61. The lowest BCUT2D eigenvalue weighted by molar-refractivity contribution is 0.00859. The molecule has 5 rings (SSSR count). The van der Waals surface area contributed by atoms with Crippen molar-refractivity contribution in [2.45, 2.75) is 25.2 Å². The minimum atomic E-state index is -0.568. The maximum Gasteiger partial charge on any atom is 0.343 e. The van der Waals surface area contributed by atoms with E-state index in [0.717, 1.165) is 35.2 Å². The SMILES string of the molecule is COCc1c2c(c(OC)c3c1OCO3)[C@H](C1OC(=O)c3c1ccc(OC)c3OC)N(C)CC2. The van der Waals surface area contributed by atoms with Crippen LogP contribution in [0.1, 0.15) is 44.8 Å². The van der Waals surface area contributed by atoms with Crippen molar-refractivity contribution >= 4 is 5.97 Å². The molecule has 0 fully saturated rings. The molecule has 0 saturated heterocycles. The van der Waals surface area contributed by atoms with Crippen molar-refractivity contribution in [3.63, 3.8) is 0 Å². The van der Waals surface area contributed by atoms with E-state index in [9.17, 15) is 4.79 Å². The first-order valence-electron chi connectivity index (χ1n) is 10.7.